The maximum Gasteiger partial charge on any atom is 0.323 e. The minimum atomic E-state index is -3.73. The summed E-state index contributed by atoms with van der Waals surface area (Å²) in [6.45, 7) is 7.11. The second kappa shape index (κ2) is 12.6. The quantitative estimate of drug-likeness (QED) is 0.353. The van der Waals surface area contributed by atoms with Gasteiger partial charge in [0.1, 0.15) is 27.4 Å². The Morgan fingerprint density at radius 1 is 1.29 bits per heavy atom. The van der Waals surface area contributed by atoms with Crippen molar-refractivity contribution < 1.29 is 32.4 Å². The summed E-state index contributed by atoms with van der Waals surface area (Å²) in [6.07, 6.45) is -0.655. The molecule has 1 aliphatic rings. The monoisotopic (exact) mass is 605 g/mol. The lowest BCUT2D eigenvalue weighted by Gasteiger charge is -2.33. The summed E-state index contributed by atoms with van der Waals surface area (Å²) < 4.78 is 39.3. The number of rotatable bonds is 8. The average molecular weight is 606 g/mol. The number of fused-ring (bicyclic) bond motifs is 1. The van der Waals surface area contributed by atoms with E-state index in [2.05, 4.69) is 15.8 Å². The van der Waals surface area contributed by atoms with Gasteiger partial charge in [0, 0.05) is 30.8 Å². The Kier molecular flexibility index (Phi) is 9.37. The summed E-state index contributed by atoms with van der Waals surface area (Å²) in [7, 11) is -2.23. The molecule has 3 atom stereocenters. The van der Waals surface area contributed by atoms with Crippen LogP contribution >= 0.6 is 11.3 Å². The smallest absolute Gasteiger partial charge is 0.323 e. The van der Waals surface area contributed by atoms with E-state index in [9.17, 15) is 23.1 Å². The number of likely N-dealkylation sites (N-methyl/N-ethyl adjacent to an activating group) is 1. The number of aromatic nitrogens is 1. The molecule has 0 aliphatic carbocycles. The van der Waals surface area contributed by atoms with Gasteiger partial charge in [-0.3, -0.25) is 4.79 Å². The zero-order valence-electron chi connectivity index (χ0n) is 23.6. The van der Waals surface area contributed by atoms with Crippen LogP contribution in [0.1, 0.15) is 30.9 Å². The van der Waals surface area contributed by atoms with Crippen LogP contribution in [-0.2, 0) is 21.2 Å². The first-order valence-corrected chi connectivity index (χ1v) is 15.4. The number of urea groups is 1. The van der Waals surface area contributed by atoms with E-state index in [1.165, 1.54) is 11.4 Å². The third-order valence-electron chi connectivity index (χ3n) is 7.04. The lowest BCUT2D eigenvalue weighted by Crippen LogP contribution is -2.48. The van der Waals surface area contributed by atoms with Gasteiger partial charge in [-0.15, -0.1) is 11.3 Å². The maximum atomic E-state index is 13.4. The number of nitrogens with zero attached hydrogens (tertiary/aromatic N) is 3. The van der Waals surface area contributed by atoms with Crippen LogP contribution in [0.25, 0.3) is 0 Å². The van der Waals surface area contributed by atoms with E-state index in [0.717, 1.165) is 11.3 Å². The molecule has 3 amide bonds. The van der Waals surface area contributed by atoms with E-state index in [1.54, 1.807) is 61.4 Å². The highest BCUT2D eigenvalue weighted by atomic mass is 32.2. The normalized spacial score (nSPS) is 18.6. The Balaban J connectivity index is 1.62. The van der Waals surface area contributed by atoms with Gasteiger partial charge in [-0.25, -0.2) is 13.2 Å². The van der Waals surface area contributed by atoms with Gasteiger partial charge in [0.25, 0.3) is 10.0 Å². The number of aliphatic hydroxyl groups excluding tert-OH is 1. The molecule has 0 bridgehead atoms. The van der Waals surface area contributed by atoms with Crippen molar-refractivity contribution in [1.29, 1.82) is 0 Å². The number of aryl methyl sites for hydroxylation is 2. The van der Waals surface area contributed by atoms with Crippen molar-refractivity contribution in [1.82, 2.24) is 14.4 Å². The fraction of sp³-hybridized carbons (Fsp3) is 0.444. The lowest BCUT2D eigenvalue weighted by atomic mass is 10.0. The molecular formula is C27H35N5O7S2. The molecule has 4 rings (SSSR count). The molecule has 222 valence electrons. The largest absolute Gasteiger partial charge is 0.488 e. The van der Waals surface area contributed by atoms with Gasteiger partial charge in [0.15, 0.2) is 5.76 Å². The number of sulfonamides is 1. The molecule has 0 saturated carbocycles. The van der Waals surface area contributed by atoms with Gasteiger partial charge in [-0.1, -0.05) is 18.1 Å². The molecule has 3 heterocycles. The number of thiophene rings is 1. The first-order chi connectivity index (χ1) is 19.4. The summed E-state index contributed by atoms with van der Waals surface area (Å²) in [5.41, 5.74) is 1.95. The highest BCUT2D eigenvalue weighted by Crippen LogP contribution is 2.30. The predicted octanol–water partition coefficient (Wildman–Crippen LogP) is 3.47. The first kappa shape index (κ1) is 30.5. The number of hydrogen-bond donors (Lipinski definition) is 3. The molecule has 0 saturated heterocycles. The number of ether oxygens (including phenoxy) is 1. The zero-order valence-corrected chi connectivity index (χ0v) is 25.2. The standard InChI is InChI=1S/C27H35N5O7S2/c1-16-13-32(17(2)15-33)24(34)12-20-11-21(28-27(35)29-26-18(3)30-39-19(26)4)8-9-22(20)38-23(16)14-31(5)41(36,37)25-7-6-10-40-25/h6-11,16-17,23,33H,12-15H2,1-5H3,(H2,28,29,35)/t16-,17-,23-/m1/s1. The van der Waals surface area contributed by atoms with Crippen molar-refractivity contribution in [3.8, 4) is 5.75 Å². The van der Waals surface area contributed by atoms with Gasteiger partial charge >= 0.3 is 6.03 Å². The van der Waals surface area contributed by atoms with Crippen molar-refractivity contribution in [2.45, 2.75) is 50.5 Å². The molecule has 3 N–H and O–H groups in total. The molecule has 1 aromatic carbocycles. The minimum Gasteiger partial charge on any atom is -0.488 e. The van der Waals surface area contributed by atoms with Crippen LogP contribution < -0.4 is 15.4 Å². The highest BCUT2D eigenvalue weighted by molar-refractivity contribution is 7.91. The van der Waals surface area contributed by atoms with Crippen LogP contribution in [0.2, 0.25) is 0 Å². The van der Waals surface area contributed by atoms with Crippen LogP contribution in [0.5, 0.6) is 5.75 Å². The van der Waals surface area contributed by atoms with Gasteiger partial charge in [-0.05, 0) is 50.4 Å². The Labute approximate surface area is 243 Å². The first-order valence-electron chi connectivity index (χ1n) is 13.1. The molecule has 41 heavy (non-hydrogen) atoms. The molecule has 14 heteroatoms. The van der Waals surface area contributed by atoms with Crippen molar-refractivity contribution in [3.63, 3.8) is 0 Å². The number of nitrogens with one attached hydrogen (secondary N) is 2. The van der Waals surface area contributed by atoms with Crippen LogP contribution in [0.15, 0.2) is 44.4 Å². The summed E-state index contributed by atoms with van der Waals surface area (Å²) >= 11 is 1.14. The SMILES string of the molecule is Cc1noc(C)c1NC(=O)Nc1ccc2c(c1)CC(=O)N([C@H](C)CO)C[C@@H](C)[C@@H](CN(C)S(=O)(=O)c1cccs1)O2. The summed E-state index contributed by atoms with van der Waals surface area (Å²) in [5.74, 6) is 0.377. The Bertz CT molecular complexity index is 1470. The molecule has 12 nitrogen and oxygen atoms in total. The van der Waals surface area contributed by atoms with Crippen LogP contribution in [0, 0.1) is 19.8 Å². The van der Waals surface area contributed by atoms with E-state index in [-0.39, 0.29) is 42.2 Å². The summed E-state index contributed by atoms with van der Waals surface area (Å²) in [4.78, 5) is 27.7. The Morgan fingerprint density at radius 3 is 2.68 bits per heavy atom. The molecule has 0 unspecified atom stereocenters. The summed E-state index contributed by atoms with van der Waals surface area (Å²) in [5, 5.41) is 20.9. The van der Waals surface area contributed by atoms with Crippen molar-refractivity contribution in [2.75, 3.05) is 37.4 Å². The fourth-order valence-corrected chi connectivity index (χ4v) is 6.96. The molecule has 2 aromatic heterocycles. The van der Waals surface area contributed by atoms with E-state index in [4.69, 9.17) is 9.26 Å². The average Bonchev–Trinajstić information content (AvgIpc) is 3.59. The van der Waals surface area contributed by atoms with E-state index in [0.29, 0.717) is 34.1 Å². The molecule has 0 spiro atoms. The van der Waals surface area contributed by atoms with E-state index < -0.39 is 28.2 Å². The van der Waals surface area contributed by atoms with E-state index >= 15 is 0 Å². The predicted molar refractivity (Wildman–Crippen MR) is 155 cm³/mol. The second-order valence-electron chi connectivity index (χ2n) is 10.2. The number of benzene rings is 1. The van der Waals surface area contributed by atoms with Crippen molar-refractivity contribution in [2.24, 2.45) is 5.92 Å². The molecule has 1 aliphatic heterocycles. The highest BCUT2D eigenvalue weighted by Gasteiger charge is 2.33. The number of aliphatic hydroxyl groups is 1. The lowest BCUT2D eigenvalue weighted by molar-refractivity contribution is -0.134. The molecule has 0 radical (unpaired) electrons. The number of anilines is 2. The van der Waals surface area contributed by atoms with Crippen molar-refractivity contribution >= 4 is 44.7 Å². The van der Waals surface area contributed by atoms with Gasteiger partial charge < -0.3 is 29.9 Å². The van der Waals surface area contributed by atoms with Gasteiger partial charge in [0.05, 0.1) is 25.6 Å². The number of carbonyl (C=O) groups is 2. The molecule has 3 aromatic rings. The third kappa shape index (κ3) is 6.89. The second-order valence-corrected chi connectivity index (χ2v) is 13.4. The molecule has 0 fully saturated rings. The number of carbonyl (C=O) groups excluding carboxylic acids is 2. The summed E-state index contributed by atoms with van der Waals surface area (Å²) in [6, 6.07) is 7.22. The molecular weight excluding hydrogens is 570 g/mol. The minimum absolute atomic E-state index is 0.0379. The third-order valence-corrected chi connectivity index (χ3v) is 10.2. The van der Waals surface area contributed by atoms with Crippen LogP contribution in [0.3, 0.4) is 0 Å². The van der Waals surface area contributed by atoms with Crippen LogP contribution in [-0.4, -0.2) is 78.7 Å². The zero-order chi connectivity index (χ0) is 29.9. The van der Waals surface area contributed by atoms with Gasteiger partial charge in [0.2, 0.25) is 5.91 Å². The van der Waals surface area contributed by atoms with Crippen LogP contribution in [0.4, 0.5) is 16.2 Å². The van der Waals surface area contributed by atoms with Crippen molar-refractivity contribution in [3.05, 3.63) is 52.7 Å². The van der Waals surface area contributed by atoms with E-state index in [1.807, 2.05) is 6.92 Å². The maximum absolute atomic E-state index is 13.4. The number of amides is 3. The topological polar surface area (TPSA) is 154 Å². The fourth-order valence-electron chi connectivity index (χ4n) is 4.58. The Hall–Kier alpha value is -3.46. The number of hydrogen-bond acceptors (Lipinski definition) is 9. The Morgan fingerprint density at radius 2 is 2.05 bits per heavy atom. The van der Waals surface area contributed by atoms with Gasteiger partial charge in [-0.2, -0.15) is 4.31 Å².